The quantitative estimate of drug-likeness (QED) is 0.801. The van der Waals surface area contributed by atoms with E-state index in [1.807, 2.05) is 13.8 Å². The summed E-state index contributed by atoms with van der Waals surface area (Å²) in [6.07, 6.45) is 0.664. The Kier molecular flexibility index (Phi) is 5.84. The number of rotatable bonds is 7. The van der Waals surface area contributed by atoms with Crippen LogP contribution in [0.25, 0.3) is 0 Å². The Labute approximate surface area is 146 Å². The monoisotopic (exact) mass is 373 g/mol. The maximum absolute atomic E-state index is 12.5. The van der Waals surface area contributed by atoms with Gasteiger partial charge >= 0.3 is 0 Å². The molecule has 2 rings (SSSR count). The van der Waals surface area contributed by atoms with E-state index in [9.17, 15) is 8.42 Å². The number of methoxy groups -OCH3 is 1. The number of hydrogen-bond donors (Lipinski definition) is 1. The van der Waals surface area contributed by atoms with Crippen molar-refractivity contribution in [2.45, 2.75) is 38.1 Å². The standard InChI is InChI=1S/C15H20ClN3O4S/c1-9(2)7-14-17-15(23-18-14)10(3)19-24(20,21)11-5-6-13(22-4)12(16)8-11/h5-6,8-10,19H,7H2,1-4H3. The molecule has 9 heteroatoms. The summed E-state index contributed by atoms with van der Waals surface area (Å²) in [6.45, 7) is 5.71. The van der Waals surface area contributed by atoms with Crippen LogP contribution in [-0.2, 0) is 16.4 Å². The van der Waals surface area contributed by atoms with Gasteiger partial charge in [0.15, 0.2) is 5.82 Å². The van der Waals surface area contributed by atoms with Crippen LogP contribution >= 0.6 is 11.6 Å². The van der Waals surface area contributed by atoms with Crippen LogP contribution in [-0.4, -0.2) is 25.7 Å². The van der Waals surface area contributed by atoms with E-state index in [0.29, 0.717) is 23.9 Å². The molecule has 0 radical (unpaired) electrons. The summed E-state index contributed by atoms with van der Waals surface area (Å²) in [5.41, 5.74) is 0. The predicted octanol–water partition coefficient (Wildman–Crippen LogP) is 2.97. The van der Waals surface area contributed by atoms with Crippen molar-refractivity contribution in [1.82, 2.24) is 14.9 Å². The number of halogens is 1. The van der Waals surface area contributed by atoms with Gasteiger partial charge in [0.1, 0.15) is 5.75 Å². The lowest BCUT2D eigenvalue weighted by Crippen LogP contribution is -2.27. The summed E-state index contributed by atoms with van der Waals surface area (Å²) in [5.74, 6) is 1.55. The second-order valence-electron chi connectivity index (χ2n) is 5.79. The number of hydrogen-bond acceptors (Lipinski definition) is 6. The Balaban J connectivity index is 2.16. The summed E-state index contributed by atoms with van der Waals surface area (Å²) >= 11 is 5.98. The lowest BCUT2D eigenvalue weighted by Gasteiger charge is -2.11. The van der Waals surface area contributed by atoms with E-state index in [1.165, 1.54) is 25.3 Å². The first-order valence-electron chi connectivity index (χ1n) is 7.41. The van der Waals surface area contributed by atoms with Crippen molar-refractivity contribution < 1.29 is 17.7 Å². The maximum atomic E-state index is 12.5. The molecule has 1 aromatic carbocycles. The minimum atomic E-state index is -3.79. The van der Waals surface area contributed by atoms with Gasteiger partial charge in [0, 0.05) is 6.42 Å². The van der Waals surface area contributed by atoms with Crippen LogP contribution in [0.5, 0.6) is 5.75 Å². The van der Waals surface area contributed by atoms with Gasteiger partial charge in [-0.05, 0) is 31.0 Å². The van der Waals surface area contributed by atoms with Crippen LogP contribution in [0.15, 0.2) is 27.6 Å². The molecule has 0 spiro atoms. The molecule has 24 heavy (non-hydrogen) atoms. The van der Waals surface area contributed by atoms with Crippen molar-refractivity contribution in [2.24, 2.45) is 5.92 Å². The smallest absolute Gasteiger partial charge is 0.244 e. The number of ether oxygens (including phenoxy) is 1. The van der Waals surface area contributed by atoms with Gasteiger partial charge in [-0.3, -0.25) is 0 Å². The summed E-state index contributed by atoms with van der Waals surface area (Å²) in [7, 11) is -2.33. The Morgan fingerprint density at radius 3 is 2.62 bits per heavy atom. The van der Waals surface area contributed by atoms with Crippen molar-refractivity contribution in [2.75, 3.05) is 7.11 Å². The van der Waals surface area contributed by atoms with E-state index in [-0.39, 0.29) is 15.8 Å². The van der Waals surface area contributed by atoms with Crippen LogP contribution in [0.2, 0.25) is 5.02 Å². The van der Waals surface area contributed by atoms with E-state index in [0.717, 1.165) is 0 Å². The molecule has 0 saturated carbocycles. The molecule has 0 fully saturated rings. The SMILES string of the molecule is COc1ccc(S(=O)(=O)NC(C)c2nc(CC(C)C)no2)cc1Cl. The molecule has 2 aromatic rings. The second kappa shape index (κ2) is 7.50. The lowest BCUT2D eigenvalue weighted by molar-refractivity contribution is 0.348. The molecule has 0 aliphatic rings. The molecule has 0 amide bonds. The molecule has 132 valence electrons. The predicted molar refractivity (Wildman–Crippen MR) is 89.6 cm³/mol. The zero-order chi connectivity index (χ0) is 17.9. The van der Waals surface area contributed by atoms with E-state index in [2.05, 4.69) is 14.9 Å². The maximum Gasteiger partial charge on any atom is 0.244 e. The molecular weight excluding hydrogens is 354 g/mol. The number of nitrogens with zero attached hydrogens (tertiary/aromatic N) is 2. The largest absolute Gasteiger partial charge is 0.495 e. The number of aromatic nitrogens is 2. The number of sulfonamides is 1. The van der Waals surface area contributed by atoms with Crippen LogP contribution in [0, 0.1) is 5.92 Å². The van der Waals surface area contributed by atoms with Gasteiger partial charge in [0.2, 0.25) is 15.9 Å². The van der Waals surface area contributed by atoms with Crippen molar-refractivity contribution >= 4 is 21.6 Å². The fourth-order valence-electron chi connectivity index (χ4n) is 2.06. The molecule has 1 N–H and O–H groups in total. The molecular formula is C15H20ClN3O4S. The third kappa shape index (κ3) is 4.46. The van der Waals surface area contributed by atoms with Crippen LogP contribution in [0.3, 0.4) is 0 Å². The minimum Gasteiger partial charge on any atom is -0.495 e. The van der Waals surface area contributed by atoms with Gasteiger partial charge in [0.05, 0.1) is 23.1 Å². The van der Waals surface area contributed by atoms with E-state index in [1.54, 1.807) is 6.92 Å². The Hall–Kier alpha value is -1.64. The number of nitrogens with one attached hydrogen (secondary N) is 1. The molecule has 1 aromatic heterocycles. The molecule has 0 saturated heterocycles. The number of benzene rings is 1. The Morgan fingerprint density at radius 2 is 2.04 bits per heavy atom. The van der Waals surface area contributed by atoms with Crippen molar-refractivity contribution in [3.8, 4) is 5.75 Å². The average Bonchev–Trinajstić information content (AvgIpc) is 2.94. The van der Waals surface area contributed by atoms with Crippen molar-refractivity contribution in [1.29, 1.82) is 0 Å². The normalized spacial score (nSPS) is 13.2. The molecule has 1 heterocycles. The highest BCUT2D eigenvalue weighted by atomic mass is 35.5. The zero-order valence-electron chi connectivity index (χ0n) is 13.9. The van der Waals surface area contributed by atoms with Gasteiger partial charge in [0.25, 0.3) is 0 Å². The van der Waals surface area contributed by atoms with Gasteiger partial charge in [-0.2, -0.15) is 9.71 Å². The minimum absolute atomic E-state index is 0.0297. The van der Waals surface area contributed by atoms with Gasteiger partial charge in [-0.25, -0.2) is 8.42 Å². The van der Waals surface area contributed by atoms with Crippen molar-refractivity contribution in [3.63, 3.8) is 0 Å². The first kappa shape index (κ1) is 18.7. The fraction of sp³-hybridized carbons (Fsp3) is 0.467. The lowest BCUT2D eigenvalue weighted by atomic mass is 10.1. The van der Waals surface area contributed by atoms with Crippen LogP contribution in [0.4, 0.5) is 0 Å². The first-order chi connectivity index (χ1) is 11.2. The average molecular weight is 374 g/mol. The molecule has 0 aliphatic heterocycles. The van der Waals surface area contributed by atoms with Crippen molar-refractivity contribution in [3.05, 3.63) is 34.9 Å². The Morgan fingerprint density at radius 1 is 1.33 bits per heavy atom. The topological polar surface area (TPSA) is 94.3 Å². The highest BCUT2D eigenvalue weighted by Gasteiger charge is 2.23. The van der Waals surface area contributed by atoms with Crippen LogP contribution < -0.4 is 9.46 Å². The highest BCUT2D eigenvalue weighted by Crippen LogP contribution is 2.27. The van der Waals surface area contributed by atoms with E-state index >= 15 is 0 Å². The van der Waals surface area contributed by atoms with Gasteiger partial charge in [-0.1, -0.05) is 30.6 Å². The third-order valence-corrected chi connectivity index (χ3v) is 5.04. The Bertz CT molecular complexity index is 805. The molecule has 1 unspecified atom stereocenters. The molecule has 0 bridgehead atoms. The first-order valence-corrected chi connectivity index (χ1v) is 9.27. The molecule has 0 aliphatic carbocycles. The summed E-state index contributed by atoms with van der Waals surface area (Å²) in [6, 6.07) is 3.57. The fourth-order valence-corrected chi connectivity index (χ4v) is 3.60. The van der Waals surface area contributed by atoms with Crippen LogP contribution in [0.1, 0.15) is 38.5 Å². The summed E-state index contributed by atoms with van der Waals surface area (Å²) < 4.78 is 37.6. The second-order valence-corrected chi connectivity index (χ2v) is 7.91. The third-order valence-electron chi connectivity index (χ3n) is 3.21. The molecule has 7 nitrogen and oxygen atoms in total. The van der Waals surface area contributed by atoms with Gasteiger partial charge < -0.3 is 9.26 Å². The van der Waals surface area contributed by atoms with Gasteiger partial charge in [-0.15, -0.1) is 0 Å². The molecule has 1 atom stereocenters. The summed E-state index contributed by atoms with van der Waals surface area (Å²) in [4.78, 5) is 4.25. The van der Waals surface area contributed by atoms with E-state index < -0.39 is 16.1 Å². The van der Waals surface area contributed by atoms with E-state index in [4.69, 9.17) is 20.9 Å². The zero-order valence-corrected chi connectivity index (χ0v) is 15.5. The summed E-state index contributed by atoms with van der Waals surface area (Å²) in [5, 5.41) is 4.07. The highest BCUT2D eigenvalue weighted by molar-refractivity contribution is 7.89.